The van der Waals surface area contributed by atoms with Crippen molar-refractivity contribution in [1.29, 1.82) is 0 Å². The Kier molecular flexibility index (Phi) is 11.4. The first-order chi connectivity index (χ1) is 4.20. The van der Waals surface area contributed by atoms with Crippen LogP contribution in [0, 0.1) is 0 Å². The summed E-state index contributed by atoms with van der Waals surface area (Å²) in [5.41, 5.74) is 0. The second kappa shape index (κ2) is 8.30. The zero-order chi connectivity index (χ0) is 7.28. The third-order valence-corrected chi connectivity index (χ3v) is 1.68. The van der Waals surface area contributed by atoms with Gasteiger partial charge in [-0.3, -0.25) is 4.18 Å². The molecule has 58 valence electrons. The molecule has 0 rings (SSSR count). The summed E-state index contributed by atoms with van der Waals surface area (Å²) in [6.45, 7) is 1.81. The molecular formula is C4H10ClNaO3S. The summed E-state index contributed by atoms with van der Waals surface area (Å²) in [4.78, 5) is 0. The van der Waals surface area contributed by atoms with Gasteiger partial charge in [-0.25, -0.2) is 8.42 Å². The van der Waals surface area contributed by atoms with E-state index in [2.05, 4.69) is 4.18 Å². The second-order valence-electron chi connectivity index (χ2n) is 1.51. The molecule has 3 nitrogen and oxygen atoms in total. The Bertz CT molecular complexity index is 126. The van der Waals surface area contributed by atoms with Crippen molar-refractivity contribution in [1.82, 2.24) is 0 Å². The molecule has 0 radical (unpaired) electrons. The van der Waals surface area contributed by atoms with Crippen molar-refractivity contribution in [2.75, 3.05) is 5.88 Å². The van der Waals surface area contributed by atoms with Crippen molar-refractivity contribution in [3.63, 3.8) is 0 Å². The minimum absolute atomic E-state index is 0. The maximum absolute atomic E-state index is 9.88. The van der Waals surface area contributed by atoms with Crippen molar-refractivity contribution in [3.8, 4) is 0 Å². The SMILES string of the molecule is CCC(CCl)O[SH](=O)=O.[NaH]. The Balaban J connectivity index is 0. The first-order valence-electron chi connectivity index (χ1n) is 2.57. The van der Waals surface area contributed by atoms with Crippen LogP contribution < -0.4 is 0 Å². The zero-order valence-corrected chi connectivity index (χ0v) is 6.69. The van der Waals surface area contributed by atoms with Gasteiger partial charge in [0.1, 0.15) is 0 Å². The predicted octanol–water partition coefficient (Wildman–Crippen LogP) is -0.102. The Labute approximate surface area is 89.5 Å². The standard InChI is InChI=1S/C4H9ClO3S.Na.H/c1-2-4(3-5)8-9(6)7;;/h4,9H,2-3H2,1H3;;. The Hall–Kier alpha value is 1.20. The van der Waals surface area contributed by atoms with Crippen molar-refractivity contribution in [3.05, 3.63) is 0 Å². The van der Waals surface area contributed by atoms with Gasteiger partial charge < -0.3 is 0 Å². The Morgan fingerprint density at radius 2 is 2.10 bits per heavy atom. The first-order valence-corrected chi connectivity index (χ1v) is 4.20. The summed E-state index contributed by atoms with van der Waals surface area (Å²) in [6, 6.07) is 0. The molecular weight excluding hydrogens is 187 g/mol. The van der Waals surface area contributed by atoms with Gasteiger partial charge in [-0.2, -0.15) is 0 Å². The van der Waals surface area contributed by atoms with Crippen LogP contribution in [0.3, 0.4) is 0 Å². The molecule has 0 N–H and O–H groups in total. The van der Waals surface area contributed by atoms with Gasteiger partial charge in [0.05, 0.1) is 12.0 Å². The predicted molar refractivity (Wildman–Crippen MR) is 43.3 cm³/mol. The molecule has 0 fully saturated rings. The topological polar surface area (TPSA) is 43.4 Å². The number of halogens is 1. The number of alkyl halides is 1. The second-order valence-corrected chi connectivity index (χ2v) is 2.48. The van der Waals surface area contributed by atoms with E-state index in [1.807, 2.05) is 6.92 Å². The van der Waals surface area contributed by atoms with Crippen LogP contribution in [0.4, 0.5) is 0 Å². The summed E-state index contributed by atoms with van der Waals surface area (Å²) in [7, 11) is -2.74. The number of hydrogen-bond acceptors (Lipinski definition) is 3. The molecule has 0 bridgehead atoms. The van der Waals surface area contributed by atoms with Crippen molar-refractivity contribution >= 4 is 52.1 Å². The quantitative estimate of drug-likeness (QED) is 0.388. The molecule has 0 amide bonds. The molecule has 0 aromatic heterocycles. The van der Waals surface area contributed by atoms with Crippen molar-refractivity contribution in [2.24, 2.45) is 0 Å². The molecule has 1 atom stereocenters. The van der Waals surface area contributed by atoms with Gasteiger partial charge >= 0.3 is 29.6 Å². The van der Waals surface area contributed by atoms with E-state index in [1.54, 1.807) is 0 Å². The molecule has 0 aliphatic rings. The molecule has 6 heteroatoms. The van der Waals surface area contributed by atoms with Gasteiger partial charge in [0.2, 0.25) is 0 Å². The number of thiol groups is 1. The van der Waals surface area contributed by atoms with Crippen LogP contribution in [-0.4, -0.2) is 50.0 Å². The summed E-state index contributed by atoms with van der Waals surface area (Å²) in [5.74, 6) is 0.222. The molecule has 0 aromatic rings. The number of hydrogen-bond donors (Lipinski definition) is 1. The fourth-order valence-corrected chi connectivity index (χ4v) is 1.17. The van der Waals surface area contributed by atoms with Gasteiger partial charge in [-0.15, -0.1) is 11.6 Å². The van der Waals surface area contributed by atoms with Crippen LogP contribution in [0.5, 0.6) is 0 Å². The van der Waals surface area contributed by atoms with Crippen LogP contribution in [0.2, 0.25) is 0 Å². The molecule has 10 heavy (non-hydrogen) atoms. The molecule has 0 spiro atoms. The fourth-order valence-electron chi connectivity index (χ4n) is 0.334. The van der Waals surface area contributed by atoms with Gasteiger partial charge in [-0.05, 0) is 6.42 Å². The Morgan fingerprint density at radius 3 is 2.20 bits per heavy atom. The van der Waals surface area contributed by atoms with E-state index in [-0.39, 0.29) is 41.5 Å². The van der Waals surface area contributed by atoms with Crippen molar-refractivity contribution in [2.45, 2.75) is 19.4 Å². The van der Waals surface area contributed by atoms with Crippen LogP contribution in [0.1, 0.15) is 13.3 Å². The van der Waals surface area contributed by atoms with E-state index in [1.165, 1.54) is 0 Å². The van der Waals surface area contributed by atoms with Gasteiger partial charge in [0.25, 0.3) is 11.0 Å². The van der Waals surface area contributed by atoms with Crippen LogP contribution in [0.15, 0.2) is 0 Å². The molecule has 1 unspecified atom stereocenters. The molecule has 0 aliphatic carbocycles. The van der Waals surface area contributed by atoms with E-state index in [9.17, 15) is 8.42 Å². The summed E-state index contributed by atoms with van der Waals surface area (Å²) in [6.07, 6.45) is 0.264. The molecule has 0 aliphatic heterocycles. The van der Waals surface area contributed by atoms with Crippen molar-refractivity contribution < 1.29 is 12.6 Å². The van der Waals surface area contributed by atoms with Crippen LogP contribution in [0.25, 0.3) is 0 Å². The van der Waals surface area contributed by atoms with E-state index >= 15 is 0 Å². The average molecular weight is 197 g/mol. The van der Waals surface area contributed by atoms with E-state index in [4.69, 9.17) is 11.6 Å². The third kappa shape index (κ3) is 7.31. The zero-order valence-electron chi connectivity index (χ0n) is 5.04. The van der Waals surface area contributed by atoms with Crippen LogP contribution >= 0.6 is 11.6 Å². The van der Waals surface area contributed by atoms with E-state index in [0.29, 0.717) is 6.42 Å². The summed E-state index contributed by atoms with van der Waals surface area (Å²) < 4.78 is 24.1. The minimum atomic E-state index is -2.74. The first kappa shape index (κ1) is 13.8. The molecule has 0 heterocycles. The Morgan fingerprint density at radius 1 is 1.60 bits per heavy atom. The molecule has 0 aromatic carbocycles. The van der Waals surface area contributed by atoms with Gasteiger partial charge in [0.15, 0.2) is 0 Å². The fraction of sp³-hybridized carbons (Fsp3) is 1.00. The summed E-state index contributed by atoms with van der Waals surface area (Å²) in [5, 5.41) is 0. The maximum atomic E-state index is 9.88. The van der Waals surface area contributed by atoms with Gasteiger partial charge in [0, 0.05) is 0 Å². The molecule has 0 saturated carbocycles. The monoisotopic (exact) mass is 196 g/mol. The average Bonchev–Trinajstić information content (AvgIpc) is 1.82. The third-order valence-electron chi connectivity index (χ3n) is 0.863. The molecule has 0 saturated heterocycles. The number of rotatable bonds is 4. The van der Waals surface area contributed by atoms with E-state index < -0.39 is 11.0 Å². The van der Waals surface area contributed by atoms with E-state index in [0.717, 1.165) is 0 Å². The summed E-state index contributed by atoms with van der Waals surface area (Å²) >= 11 is 5.32. The van der Waals surface area contributed by atoms with Gasteiger partial charge in [-0.1, -0.05) is 6.92 Å². The normalized spacial score (nSPS) is 12.7. The van der Waals surface area contributed by atoms with Crippen LogP contribution in [-0.2, 0) is 15.2 Å².